The number of benzene rings is 1. The van der Waals surface area contributed by atoms with Crippen LogP contribution >= 0.6 is 23.2 Å². The van der Waals surface area contributed by atoms with Gasteiger partial charge in [0.1, 0.15) is 17.6 Å². The van der Waals surface area contributed by atoms with Crippen LogP contribution in [0.5, 0.6) is 0 Å². The highest BCUT2D eigenvalue weighted by Gasteiger charge is 2.22. The predicted octanol–water partition coefficient (Wildman–Crippen LogP) is 1.45. The van der Waals surface area contributed by atoms with Gasteiger partial charge in [-0.3, -0.25) is 9.59 Å². The molecule has 0 fully saturated rings. The van der Waals surface area contributed by atoms with E-state index >= 15 is 0 Å². The monoisotopic (exact) mass is 383 g/mol. The van der Waals surface area contributed by atoms with E-state index in [2.05, 4.69) is 10.4 Å². The summed E-state index contributed by atoms with van der Waals surface area (Å²) in [6.45, 7) is -0.405. The zero-order valence-corrected chi connectivity index (χ0v) is 14.8. The summed E-state index contributed by atoms with van der Waals surface area (Å²) in [6, 6.07) is 8.26. The molecule has 1 N–H and O–H groups in total. The molecule has 132 valence electrons. The van der Waals surface area contributed by atoms with Crippen molar-refractivity contribution in [3.05, 3.63) is 62.5 Å². The Labute approximate surface area is 153 Å². The molecule has 25 heavy (non-hydrogen) atoms. The third-order valence-corrected chi connectivity index (χ3v) is 4.09. The summed E-state index contributed by atoms with van der Waals surface area (Å²) >= 11 is 11.4. The van der Waals surface area contributed by atoms with Crippen LogP contribution in [0.15, 0.2) is 41.3 Å². The molecule has 1 heterocycles. The fourth-order valence-corrected chi connectivity index (χ4v) is 2.39. The first-order chi connectivity index (χ1) is 11.9. The molecule has 7 nitrogen and oxygen atoms in total. The summed E-state index contributed by atoms with van der Waals surface area (Å²) in [6.07, 6.45) is 1.42. The molecule has 0 radical (unpaired) electrons. The molecule has 0 unspecified atom stereocenters. The minimum absolute atomic E-state index is 0.000148. The lowest BCUT2D eigenvalue weighted by Gasteiger charge is -2.17. The van der Waals surface area contributed by atoms with Crippen molar-refractivity contribution >= 4 is 35.1 Å². The van der Waals surface area contributed by atoms with Crippen LogP contribution in [-0.4, -0.2) is 34.8 Å². The minimum Gasteiger partial charge on any atom is -0.467 e. The molecule has 0 saturated heterocycles. The van der Waals surface area contributed by atoms with Crippen molar-refractivity contribution in [1.29, 1.82) is 0 Å². The average molecular weight is 384 g/mol. The van der Waals surface area contributed by atoms with Crippen LogP contribution in [0.25, 0.3) is 0 Å². The van der Waals surface area contributed by atoms with Crippen molar-refractivity contribution in [1.82, 2.24) is 15.1 Å². The fraction of sp³-hybridized carbons (Fsp3) is 0.250. The number of rotatable bonds is 6. The molecule has 2 rings (SSSR count). The maximum absolute atomic E-state index is 12.2. The fourth-order valence-electron chi connectivity index (χ4n) is 2.12. The lowest BCUT2D eigenvalue weighted by atomic mass is 10.1. The Morgan fingerprint density at radius 1 is 1.28 bits per heavy atom. The molecule has 0 aliphatic rings. The van der Waals surface area contributed by atoms with E-state index in [1.165, 1.54) is 13.3 Å². The quantitative estimate of drug-likeness (QED) is 0.762. The Morgan fingerprint density at radius 2 is 1.96 bits per heavy atom. The molecule has 1 aromatic carbocycles. The van der Waals surface area contributed by atoms with E-state index in [0.29, 0.717) is 0 Å². The van der Waals surface area contributed by atoms with Gasteiger partial charge in [0, 0.05) is 6.42 Å². The molecule has 0 spiro atoms. The Kier molecular flexibility index (Phi) is 6.55. The van der Waals surface area contributed by atoms with Gasteiger partial charge in [-0.25, -0.2) is 9.48 Å². The molecule has 1 amide bonds. The van der Waals surface area contributed by atoms with Gasteiger partial charge < -0.3 is 10.1 Å². The number of hydrogen-bond acceptors (Lipinski definition) is 5. The molecule has 0 saturated carbocycles. The van der Waals surface area contributed by atoms with E-state index in [9.17, 15) is 14.4 Å². The summed E-state index contributed by atoms with van der Waals surface area (Å²) in [7, 11) is 1.23. The Hall–Kier alpha value is -2.38. The molecule has 0 bridgehead atoms. The summed E-state index contributed by atoms with van der Waals surface area (Å²) in [5.41, 5.74) is 0.157. The summed E-state index contributed by atoms with van der Waals surface area (Å²) in [5, 5.41) is 6.06. The van der Waals surface area contributed by atoms with Crippen LogP contribution in [0.1, 0.15) is 5.56 Å². The number of methoxy groups -OCH3 is 1. The van der Waals surface area contributed by atoms with Crippen molar-refractivity contribution < 1.29 is 14.3 Å². The van der Waals surface area contributed by atoms with Crippen molar-refractivity contribution in [2.24, 2.45) is 0 Å². The molecule has 9 heteroatoms. The van der Waals surface area contributed by atoms with Crippen LogP contribution in [0, 0.1) is 0 Å². The normalized spacial score (nSPS) is 11.6. The van der Waals surface area contributed by atoms with Gasteiger partial charge in [-0.05, 0) is 5.56 Å². The van der Waals surface area contributed by atoms with Gasteiger partial charge in [0.15, 0.2) is 0 Å². The number of nitrogens with one attached hydrogen (secondary N) is 1. The molecule has 2 aromatic rings. The molecule has 0 aliphatic heterocycles. The summed E-state index contributed by atoms with van der Waals surface area (Å²) in [4.78, 5) is 36.0. The lowest BCUT2D eigenvalue weighted by Crippen LogP contribution is -2.45. The van der Waals surface area contributed by atoms with Crippen LogP contribution in [0.2, 0.25) is 10.0 Å². The van der Waals surface area contributed by atoms with E-state index in [1.54, 1.807) is 0 Å². The molecule has 1 atom stereocenters. The second-order valence-corrected chi connectivity index (χ2v) is 5.89. The number of carbonyl (C=O) groups excluding carboxylic acids is 2. The number of halogens is 2. The molecular formula is C16H15Cl2N3O4. The number of nitrogens with zero attached hydrogens (tertiary/aromatic N) is 2. The molecule has 0 aliphatic carbocycles. The number of carbonyl (C=O) groups is 2. The zero-order valence-electron chi connectivity index (χ0n) is 13.2. The standard InChI is InChI=1S/C16H15Cl2N3O4/c1-25-16(24)12(7-10-5-3-2-4-6-10)20-13(22)9-21-15(23)14(18)11(17)8-19-21/h2-6,8,12H,7,9H2,1H3,(H,20,22)/t12-/m0/s1. The SMILES string of the molecule is COC(=O)[C@H](Cc1ccccc1)NC(=O)Cn1ncc(Cl)c(Cl)c1=O. The van der Waals surface area contributed by atoms with Crippen LogP contribution in [0.3, 0.4) is 0 Å². The van der Waals surface area contributed by atoms with Crippen LogP contribution in [-0.2, 0) is 27.3 Å². The van der Waals surface area contributed by atoms with Gasteiger partial charge in [0.25, 0.3) is 5.56 Å². The second kappa shape index (κ2) is 8.64. The van der Waals surface area contributed by atoms with Gasteiger partial charge in [0.2, 0.25) is 5.91 Å². The van der Waals surface area contributed by atoms with Gasteiger partial charge in [0.05, 0.1) is 18.3 Å². The largest absolute Gasteiger partial charge is 0.467 e. The number of aromatic nitrogens is 2. The maximum atomic E-state index is 12.2. The first kappa shape index (κ1) is 19.0. The van der Waals surface area contributed by atoms with Crippen molar-refractivity contribution in [2.75, 3.05) is 7.11 Å². The minimum atomic E-state index is -0.890. The predicted molar refractivity (Wildman–Crippen MR) is 92.6 cm³/mol. The second-order valence-electron chi connectivity index (χ2n) is 5.10. The highest BCUT2D eigenvalue weighted by Crippen LogP contribution is 2.14. The van der Waals surface area contributed by atoms with E-state index in [0.717, 1.165) is 10.2 Å². The Bertz CT molecular complexity index is 824. The third kappa shape index (κ3) is 5.04. The van der Waals surface area contributed by atoms with E-state index in [4.69, 9.17) is 27.9 Å². The van der Waals surface area contributed by atoms with Crippen molar-refractivity contribution in [3.8, 4) is 0 Å². The highest BCUT2D eigenvalue weighted by molar-refractivity contribution is 6.41. The first-order valence-electron chi connectivity index (χ1n) is 7.24. The van der Waals surface area contributed by atoms with Crippen molar-refractivity contribution in [3.63, 3.8) is 0 Å². The number of esters is 1. The lowest BCUT2D eigenvalue weighted by molar-refractivity contribution is -0.145. The smallest absolute Gasteiger partial charge is 0.328 e. The summed E-state index contributed by atoms with van der Waals surface area (Å²) < 4.78 is 5.58. The van der Waals surface area contributed by atoms with Gasteiger partial charge in [-0.1, -0.05) is 53.5 Å². The molecule has 1 aromatic heterocycles. The van der Waals surface area contributed by atoms with Crippen molar-refractivity contribution in [2.45, 2.75) is 19.0 Å². The third-order valence-electron chi connectivity index (χ3n) is 3.34. The van der Waals surface area contributed by atoms with E-state index in [-0.39, 0.29) is 16.5 Å². The summed E-state index contributed by atoms with van der Waals surface area (Å²) in [5.74, 6) is -1.18. The maximum Gasteiger partial charge on any atom is 0.328 e. The average Bonchev–Trinajstić information content (AvgIpc) is 2.62. The van der Waals surface area contributed by atoms with E-state index < -0.39 is 30.0 Å². The number of ether oxygens (including phenoxy) is 1. The number of hydrogen-bond donors (Lipinski definition) is 1. The van der Waals surface area contributed by atoms with Crippen LogP contribution in [0.4, 0.5) is 0 Å². The number of amides is 1. The Balaban J connectivity index is 2.10. The van der Waals surface area contributed by atoms with Gasteiger partial charge >= 0.3 is 5.97 Å². The van der Waals surface area contributed by atoms with E-state index in [1.807, 2.05) is 30.3 Å². The Morgan fingerprint density at radius 3 is 2.60 bits per heavy atom. The van der Waals surface area contributed by atoms with Gasteiger partial charge in [-0.2, -0.15) is 5.10 Å². The first-order valence-corrected chi connectivity index (χ1v) is 8.00. The zero-order chi connectivity index (χ0) is 18.4. The topological polar surface area (TPSA) is 90.3 Å². The van der Waals surface area contributed by atoms with Gasteiger partial charge in [-0.15, -0.1) is 0 Å². The molecular weight excluding hydrogens is 369 g/mol. The highest BCUT2D eigenvalue weighted by atomic mass is 35.5. The van der Waals surface area contributed by atoms with Crippen LogP contribution < -0.4 is 10.9 Å².